The average molecular weight is 413 g/mol. The molecule has 8 heteroatoms. The number of hydrogen-bond acceptors (Lipinski definition) is 6. The Morgan fingerprint density at radius 3 is 2.90 bits per heavy atom. The van der Waals surface area contributed by atoms with E-state index >= 15 is 0 Å². The summed E-state index contributed by atoms with van der Waals surface area (Å²) in [5.41, 5.74) is 1.06. The molecule has 0 saturated heterocycles. The molecule has 0 radical (unpaired) electrons. The number of amides is 1. The Balaban J connectivity index is 1.49. The average Bonchev–Trinajstić information content (AvgIpc) is 3.18. The van der Waals surface area contributed by atoms with Crippen molar-refractivity contribution >= 4 is 27.9 Å². The summed E-state index contributed by atoms with van der Waals surface area (Å²) in [7, 11) is 0. The van der Waals surface area contributed by atoms with Gasteiger partial charge in [0.25, 0.3) is 5.56 Å². The molecule has 0 spiro atoms. The molecule has 0 unspecified atom stereocenters. The standard InChI is InChI=1S/C21H24N4O3S/c1-2-18(26)22-15-9-6-10-17(11-15)28-13-16-12-19(27)25-21(23-16)29-20(24-25)14-7-4-3-5-8-14/h6,9-12,14H,2-5,7-8,13H2,1H3,(H,22,26). The lowest BCUT2D eigenvalue weighted by Crippen LogP contribution is -2.17. The first kappa shape index (κ1) is 19.6. The van der Waals surface area contributed by atoms with Gasteiger partial charge in [0.05, 0.1) is 5.69 Å². The van der Waals surface area contributed by atoms with Gasteiger partial charge in [0.1, 0.15) is 17.4 Å². The van der Waals surface area contributed by atoms with Gasteiger partial charge in [-0.15, -0.1) is 0 Å². The van der Waals surface area contributed by atoms with Crippen molar-refractivity contribution in [2.45, 2.75) is 58.0 Å². The molecule has 1 aliphatic rings. The highest BCUT2D eigenvalue weighted by Crippen LogP contribution is 2.34. The van der Waals surface area contributed by atoms with Gasteiger partial charge in [0.2, 0.25) is 10.9 Å². The van der Waals surface area contributed by atoms with Gasteiger partial charge >= 0.3 is 0 Å². The molecule has 1 aromatic carbocycles. The summed E-state index contributed by atoms with van der Waals surface area (Å²) < 4.78 is 7.20. The maximum Gasteiger partial charge on any atom is 0.275 e. The van der Waals surface area contributed by atoms with E-state index in [0.717, 1.165) is 17.8 Å². The first-order chi connectivity index (χ1) is 14.1. The van der Waals surface area contributed by atoms with Crippen molar-refractivity contribution in [1.82, 2.24) is 14.6 Å². The van der Waals surface area contributed by atoms with Gasteiger partial charge in [-0.2, -0.15) is 9.61 Å². The number of benzene rings is 1. The van der Waals surface area contributed by atoms with Gasteiger partial charge in [-0.05, 0) is 25.0 Å². The van der Waals surface area contributed by atoms with Crippen LogP contribution in [0, 0.1) is 0 Å². The minimum Gasteiger partial charge on any atom is -0.487 e. The lowest BCUT2D eigenvalue weighted by Gasteiger charge is -2.18. The molecule has 152 valence electrons. The summed E-state index contributed by atoms with van der Waals surface area (Å²) in [5.74, 6) is 0.991. The van der Waals surface area contributed by atoms with Crippen LogP contribution in [-0.4, -0.2) is 20.5 Å². The zero-order chi connectivity index (χ0) is 20.2. The van der Waals surface area contributed by atoms with E-state index < -0.39 is 0 Å². The largest absolute Gasteiger partial charge is 0.487 e. The number of anilines is 1. The number of nitrogens with one attached hydrogen (secondary N) is 1. The van der Waals surface area contributed by atoms with Gasteiger partial charge in [-0.25, -0.2) is 4.98 Å². The molecular formula is C21H24N4O3S. The van der Waals surface area contributed by atoms with Gasteiger partial charge in [0, 0.05) is 30.2 Å². The Morgan fingerprint density at radius 1 is 1.28 bits per heavy atom. The number of rotatable bonds is 6. The van der Waals surface area contributed by atoms with E-state index in [1.54, 1.807) is 25.1 Å². The number of nitrogens with zero attached hydrogens (tertiary/aromatic N) is 3. The van der Waals surface area contributed by atoms with E-state index in [0.29, 0.717) is 34.4 Å². The fraction of sp³-hybridized carbons (Fsp3) is 0.429. The van der Waals surface area contributed by atoms with E-state index in [4.69, 9.17) is 4.74 Å². The fourth-order valence-corrected chi connectivity index (χ4v) is 4.62. The second kappa shape index (κ2) is 8.73. The molecule has 7 nitrogen and oxygen atoms in total. The molecule has 1 N–H and O–H groups in total. The zero-order valence-electron chi connectivity index (χ0n) is 16.4. The molecule has 0 bridgehead atoms. The number of carbonyl (C=O) groups excluding carboxylic acids is 1. The lowest BCUT2D eigenvalue weighted by molar-refractivity contribution is -0.115. The molecule has 1 fully saturated rings. The van der Waals surface area contributed by atoms with Crippen LogP contribution in [0.1, 0.15) is 62.1 Å². The minimum absolute atomic E-state index is 0.0544. The molecule has 1 aliphatic carbocycles. The molecular weight excluding hydrogens is 388 g/mol. The monoisotopic (exact) mass is 412 g/mol. The third kappa shape index (κ3) is 4.64. The lowest BCUT2D eigenvalue weighted by atomic mass is 9.90. The van der Waals surface area contributed by atoms with Crippen molar-refractivity contribution in [3.8, 4) is 5.75 Å². The van der Waals surface area contributed by atoms with Crippen molar-refractivity contribution in [2.24, 2.45) is 0 Å². The normalized spacial score (nSPS) is 14.8. The summed E-state index contributed by atoms with van der Waals surface area (Å²) in [6, 6.07) is 8.65. The van der Waals surface area contributed by atoms with Gasteiger partial charge in [-0.1, -0.05) is 43.6 Å². The van der Waals surface area contributed by atoms with Crippen LogP contribution in [0.25, 0.3) is 4.96 Å². The summed E-state index contributed by atoms with van der Waals surface area (Å²) in [4.78, 5) is 29.2. The molecule has 29 heavy (non-hydrogen) atoms. The maximum absolute atomic E-state index is 12.5. The second-order valence-corrected chi connectivity index (χ2v) is 8.26. The topological polar surface area (TPSA) is 85.6 Å². The van der Waals surface area contributed by atoms with Crippen LogP contribution in [0.3, 0.4) is 0 Å². The Bertz CT molecular complexity index is 1070. The van der Waals surface area contributed by atoms with Crippen LogP contribution < -0.4 is 15.6 Å². The van der Waals surface area contributed by atoms with Crippen LogP contribution in [0.15, 0.2) is 35.1 Å². The predicted octanol–water partition coefficient (Wildman–Crippen LogP) is 4.13. The summed E-state index contributed by atoms with van der Waals surface area (Å²) in [6.45, 7) is 1.97. The van der Waals surface area contributed by atoms with E-state index in [1.807, 2.05) is 6.07 Å². The van der Waals surface area contributed by atoms with Crippen molar-refractivity contribution in [3.05, 3.63) is 51.4 Å². The number of carbonyl (C=O) groups is 1. The third-order valence-corrected chi connectivity index (χ3v) is 6.16. The van der Waals surface area contributed by atoms with Crippen LogP contribution in [0.5, 0.6) is 5.75 Å². The Morgan fingerprint density at radius 2 is 2.10 bits per heavy atom. The van der Waals surface area contributed by atoms with Crippen molar-refractivity contribution in [3.63, 3.8) is 0 Å². The molecule has 2 aromatic heterocycles. The maximum atomic E-state index is 12.5. The van der Waals surface area contributed by atoms with E-state index in [9.17, 15) is 9.59 Å². The van der Waals surface area contributed by atoms with Gasteiger partial charge in [0.15, 0.2) is 0 Å². The first-order valence-electron chi connectivity index (χ1n) is 10.0. The molecule has 1 saturated carbocycles. The number of hydrogen-bond donors (Lipinski definition) is 1. The SMILES string of the molecule is CCC(=O)Nc1cccc(OCc2cc(=O)n3nc(C4CCCCC4)sc3n2)c1. The fourth-order valence-electron chi connectivity index (χ4n) is 3.53. The van der Waals surface area contributed by atoms with Crippen LogP contribution in [0.2, 0.25) is 0 Å². The molecule has 3 aromatic rings. The van der Waals surface area contributed by atoms with E-state index in [2.05, 4.69) is 15.4 Å². The van der Waals surface area contributed by atoms with Crippen LogP contribution >= 0.6 is 11.3 Å². The van der Waals surface area contributed by atoms with Gasteiger partial charge < -0.3 is 10.1 Å². The third-order valence-electron chi connectivity index (χ3n) is 5.09. The zero-order valence-corrected chi connectivity index (χ0v) is 17.2. The predicted molar refractivity (Wildman–Crippen MR) is 113 cm³/mol. The number of ether oxygens (including phenoxy) is 1. The molecule has 0 aliphatic heterocycles. The van der Waals surface area contributed by atoms with Crippen molar-refractivity contribution < 1.29 is 9.53 Å². The van der Waals surface area contributed by atoms with Crippen molar-refractivity contribution in [1.29, 1.82) is 0 Å². The molecule has 2 heterocycles. The summed E-state index contributed by atoms with van der Waals surface area (Å²) in [6.07, 6.45) is 6.41. The summed E-state index contributed by atoms with van der Waals surface area (Å²) in [5, 5.41) is 8.33. The second-order valence-electron chi connectivity index (χ2n) is 7.27. The van der Waals surface area contributed by atoms with Gasteiger partial charge in [-0.3, -0.25) is 9.59 Å². The quantitative estimate of drug-likeness (QED) is 0.658. The highest BCUT2D eigenvalue weighted by atomic mass is 32.1. The Hall–Kier alpha value is -2.74. The number of fused-ring (bicyclic) bond motifs is 1. The Labute approximate surface area is 172 Å². The highest BCUT2D eigenvalue weighted by Gasteiger charge is 2.20. The first-order valence-corrected chi connectivity index (χ1v) is 10.9. The molecule has 4 rings (SSSR count). The molecule has 1 amide bonds. The van der Waals surface area contributed by atoms with Crippen LogP contribution in [0.4, 0.5) is 5.69 Å². The van der Waals surface area contributed by atoms with E-state index in [1.165, 1.54) is 41.2 Å². The molecule has 0 atom stereocenters. The minimum atomic E-state index is -0.184. The smallest absolute Gasteiger partial charge is 0.275 e. The van der Waals surface area contributed by atoms with Crippen LogP contribution in [-0.2, 0) is 11.4 Å². The summed E-state index contributed by atoms with van der Waals surface area (Å²) >= 11 is 1.50. The Kier molecular flexibility index (Phi) is 5.89. The van der Waals surface area contributed by atoms with Crippen molar-refractivity contribution in [2.75, 3.05) is 5.32 Å². The number of aromatic nitrogens is 3. The highest BCUT2D eigenvalue weighted by molar-refractivity contribution is 7.16. The van der Waals surface area contributed by atoms with E-state index in [-0.39, 0.29) is 18.1 Å².